The quantitative estimate of drug-likeness (QED) is 0.490. The summed E-state index contributed by atoms with van der Waals surface area (Å²) in [6.45, 7) is 4.22. The first-order valence-corrected chi connectivity index (χ1v) is 2.86. The normalized spacial score (nSPS) is 9.90. The molecule has 0 heterocycles. The number of nitrogens with zero attached hydrogens (tertiary/aromatic N) is 1. The number of amidine groups is 1. The van der Waals surface area contributed by atoms with E-state index in [0.717, 1.165) is 5.84 Å². The van der Waals surface area contributed by atoms with Gasteiger partial charge in [0.15, 0.2) is 0 Å². The minimum Gasteiger partial charge on any atom is -0.377 e. The van der Waals surface area contributed by atoms with Gasteiger partial charge in [-0.2, -0.15) is 0 Å². The predicted molar refractivity (Wildman–Crippen MR) is 51.8 cm³/mol. The molecule has 0 aromatic carbocycles. The largest absolute Gasteiger partial charge is 0.377 e. The van der Waals surface area contributed by atoms with Crippen LogP contribution in [-0.2, 0) is 0 Å². The lowest BCUT2D eigenvalue weighted by Crippen LogP contribution is -2.23. The molecule has 10 heavy (non-hydrogen) atoms. The minimum absolute atomic E-state index is 0. The second-order valence-electron chi connectivity index (χ2n) is 2.01. The van der Waals surface area contributed by atoms with Gasteiger partial charge in [-0.15, -0.1) is 24.8 Å². The molecule has 2 nitrogen and oxygen atoms in total. The molecule has 0 saturated heterocycles. The van der Waals surface area contributed by atoms with Gasteiger partial charge in [0, 0.05) is 20.0 Å². The van der Waals surface area contributed by atoms with E-state index in [-0.39, 0.29) is 24.8 Å². The highest BCUT2D eigenvalue weighted by atomic mass is 35.5. The Morgan fingerprint density at radius 1 is 1.30 bits per heavy atom. The molecule has 64 valence electrons. The molecular formula is C6H16Cl2N2. The van der Waals surface area contributed by atoms with Gasteiger partial charge in [0.25, 0.3) is 0 Å². The molecule has 0 bridgehead atoms. The summed E-state index contributed by atoms with van der Waals surface area (Å²) in [5, 5.41) is 3.00. The Kier molecular flexibility index (Phi) is 15.0. The lowest BCUT2D eigenvalue weighted by Gasteiger charge is -2.06. The van der Waals surface area contributed by atoms with Crippen molar-refractivity contribution in [3.05, 3.63) is 0 Å². The highest BCUT2D eigenvalue weighted by Crippen LogP contribution is 1.90. The van der Waals surface area contributed by atoms with Crippen LogP contribution >= 0.6 is 24.8 Å². The van der Waals surface area contributed by atoms with E-state index < -0.39 is 0 Å². The monoisotopic (exact) mass is 186 g/mol. The van der Waals surface area contributed by atoms with Crippen LogP contribution in [0.4, 0.5) is 0 Å². The summed E-state index contributed by atoms with van der Waals surface area (Å²) in [4.78, 5) is 4.01. The molecule has 0 aliphatic rings. The average Bonchev–Trinajstić information content (AvgIpc) is 1.69. The van der Waals surface area contributed by atoms with Crippen LogP contribution in [-0.4, -0.2) is 19.9 Å². The molecule has 4 heteroatoms. The summed E-state index contributed by atoms with van der Waals surface area (Å²) in [5.74, 6) is 1.58. The maximum Gasteiger partial charge on any atom is 0.0982 e. The number of aliphatic imine (C=N–C) groups is 1. The van der Waals surface area contributed by atoms with Crippen molar-refractivity contribution in [1.29, 1.82) is 0 Å². The van der Waals surface area contributed by atoms with Crippen molar-refractivity contribution in [2.45, 2.75) is 13.8 Å². The second kappa shape index (κ2) is 9.05. The number of hydrogen-bond acceptors (Lipinski definition) is 1. The van der Waals surface area contributed by atoms with E-state index in [2.05, 4.69) is 24.2 Å². The van der Waals surface area contributed by atoms with Crippen LogP contribution in [0.25, 0.3) is 0 Å². The SMILES string of the molecule is C/N=C(\NC)C(C)C.Cl.Cl. The third kappa shape index (κ3) is 6.17. The van der Waals surface area contributed by atoms with E-state index >= 15 is 0 Å². The van der Waals surface area contributed by atoms with Crippen molar-refractivity contribution in [3.8, 4) is 0 Å². The first kappa shape index (κ1) is 16.6. The Labute approximate surface area is 75.3 Å². The van der Waals surface area contributed by atoms with Gasteiger partial charge in [0.2, 0.25) is 0 Å². The molecular weight excluding hydrogens is 171 g/mol. The Bertz CT molecular complexity index is 91.7. The van der Waals surface area contributed by atoms with Crippen LogP contribution in [0.3, 0.4) is 0 Å². The van der Waals surface area contributed by atoms with E-state index in [1.165, 1.54) is 0 Å². The highest BCUT2D eigenvalue weighted by Gasteiger charge is 1.97. The summed E-state index contributed by atoms with van der Waals surface area (Å²) in [6, 6.07) is 0. The second-order valence-corrected chi connectivity index (χ2v) is 2.01. The van der Waals surface area contributed by atoms with Gasteiger partial charge in [-0.3, -0.25) is 4.99 Å². The fourth-order valence-corrected chi connectivity index (χ4v) is 0.659. The first-order valence-electron chi connectivity index (χ1n) is 2.86. The first-order chi connectivity index (χ1) is 3.72. The van der Waals surface area contributed by atoms with E-state index in [1.54, 1.807) is 7.05 Å². The molecule has 0 aliphatic carbocycles. The molecule has 1 N–H and O–H groups in total. The van der Waals surface area contributed by atoms with E-state index in [1.807, 2.05) is 7.05 Å². The van der Waals surface area contributed by atoms with Gasteiger partial charge in [0.05, 0.1) is 5.84 Å². The molecule has 0 atom stereocenters. The van der Waals surface area contributed by atoms with Crippen LogP contribution in [0.1, 0.15) is 13.8 Å². The van der Waals surface area contributed by atoms with Gasteiger partial charge in [-0.05, 0) is 0 Å². The Hall–Kier alpha value is 0.0500. The maximum absolute atomic E-state index is 4.01. The van der Waals surface area contributed by atoms with Crippen LogP contribution in [0.2, 0.25) is 0 Å². The zero-order valence-electron chi connectivity index (χ0n) is 6.84. The van der Waals surface area contributed by atoms with Gasteiger partial charge in [-0.1, -0.05) is 13.8 Å². The number of nitrogens with one attached hydrogen (secondary N) is 1. The summed E-state index contributed by atoms with van der Waals surface area (Å²) in [5.41, 5.74) is 0. The summed E-state index contributed by atoms with van der Waals surface area (Å²) in [6.07, 6.45) is 0. The molecule has 0 aliphatic heterocycles. The van der Waals surface area contributed by atoms with Crippen molar-refractivity contribution >= 4 is 30.6 Å². The third-order valence-electron chi connectivity index (χ3n) is 1.04. The van der Waals surface area contributed by atoms with Gasteiger partial charge in [0.1, 0.15) is 0 Å². The van der Waals surface area contributed by atoms with Gasteiger partial charge >= 0.3 is 0 Å². The number of rotatable bonds is 1. The Morgan fingerprint density at radius 3 is 1.70 bits per heavy atom. The zero-order valence-corrected chi connectivity index (χ0v) is 8.47. The van der Waals surface area contributed by atoms with Gasteiger partial charge in [-0.25, -0.2) is 0 Å². The van der Waals surface area contributed by atoms with E-state index in [0.29, 0.717) is 5.92 Å². The molecule has 0 saturated carbocycles. The van der Waals surface area contributed by atoms with Crippen molar-refractivity contribution < 1.29 is 0 Å². The fraction of sp³-hybridized carbons (Fsp3) is 0.833. The van der Waals surface area contributed by atoms with Crippen LogP contribution in [0.15, 0.2) is 4.99 Å². The van der Waals surface area contributed by atoms with Gasteiger partial charge < -0.3 is 5.32 Å². The van der Waals surface area contributed by atoms with Crippen LogP contribution in [0, 0.1) is 5.92 Å². The fourth-order valence-electron chi connectivity index (χ4n) is 0.659. The highest BCUT2D eigenvalue weighted by molar-refractivity contribution is 5.85. The molecule has 0 spiro atoms. The Morgan fingerprint density at radius 2 is 1.70 bits per heavy atom. The topological polar surface area (TPSA) is 24.4 Å². The van der Waals surface area contributed by atoms with Crippen LogP contribution < -0.4 is 5.32 Å². The van der Waals surface area contributed by atoms with E-state index in [9.17, 15) is 0 Å². The van der Waals surface area contributed by atoms with Crippen LogP contribution in [0.5, 0.6) is 0 Å². The lowest BCUT2D eigenvalue weighted by molar-refractivity contribution is 0.834. The molecule has 0 radical (unpaired) electrons. The maximum atomic E-state index is 4.01. The zero-order chi connectivity index (χ0) is 6.57. The summed E-state index contributed by atoms with van der Waals surface area (Å²) < 4.78 is 0. The van der Waals surface area contributed by atoms with Crippen molar-refractivity contribution in [2.24, 2.45) is 10.9 Å². The summed E-state index contributed by atoms with van der Waals surface area (Å²) in [7, 11) is 3.69. The molecule has 0 fully saturated rings. The number of halogens is 2. The van der Waals surface area contributed by atoms with Crippen molar-refractivity contribution in [3.63, 3.8) is 0 Å². The summed E-state index contributed by atoms with van der Waals surface area (Å²) >= 11 is 0. The Balaban J connectivity index is -0.000000245. The molecule has 0 rings (SSSR count). The smallest absolute Gasteiger partial charge is 0.0982 e. The molecule has 0 unspecified atom stereocenters. The standard InChI is InChI=1S/C6H14N2.2ClH/c1-5(2)6(7-3)8-4;;/h5H,1-4H3,(H,7,8);2*1H. The number of hydrogen-bond donors (Lipinski definition) is 1. The molecule has 0 aromatic heterocycles. The minimum atomic E-state index is 0. The molecule has 0 aromatic rings. The lowest BCUT2D eigenvalue weighted by atomic mass is 10.2. The third-order valence-corrected chi connectivity index (χ3v) is 1.04. The average molecular weight is 187 g/mol. The van der Waals surface area contributed by atoms with Crippen molar-refractivity contribution in [2.75, 3.05) is 14.1 Å². The molecule has 0 amide bonds. The predicted octanol–water partition coefficient (Wildman–Crippen LogP) is 1.73. The van der Waals surface area contributed by atoms with E-state index in [4.69, 9.17) is 0 Å². The van der Waals surface area contributed by atoms with Crippen molar-refractivity contribution in [1.82, 2.24) is 5.32 Å².